The van der Waals surface area contributed by atoms with E-state index in [1.54, 1.807) is 7.05 Å². The molecule has 0 aromatic carbocycles. The number of amides is 2. The van der Waals surface area contributed by atoms with E-state index in [4.69, 9.17) is 5.11 Å². The summed E-state index contributed by atoms with van der Waals surface area (Å²) < 4.78 is 0. The molecule has 2 aliphatic rings. The topological polar surface area (TPSA) is 98.7 Å². The van der Waals surface area contributed by atoms with Gasteiger partial charge in [-0.1, -0.05) is 0 Å². The van der Waals surface area contributed by atoms with Crippen LogP contribution in [0.2, 0.25) is 0 Å². The smallest absolute Gasteiger partial charge is 0.323 e. The molecule has 2 saturated carbocycles. The second-order valence-electron chi connectivity index (χ2n) is 5.69. The maximum Gasteiger partial charge on any atom is 0.323 e. The van der Waals surface area contributed by atoms with Crippen LogP contribution in [0.1, 0.15) is 32.1 Å². The van der Waals surface area contributed by atoms with Gasteiger partial charge in [-0.05, 0) is 32.1 Å². The Labute approximate surface area is 117 Å². The van der Waals surface area contributed by atoms with Gasteiger partial charge in [0, 0.05) is 13.1 Å². The number of likely N-dealkylation sites (N-methyl/N-ethyl adjacent to an activating group) is 1. The van der Waals surface area contributed by atoms with Crippen molar-refractivity contribution in [3.05, 3.63) is 0 Å². The maximum absolute atomic E-state index is 11.9. The summed E-state index contributed by atoms with van der Waals surface area (Å²) in [6.45, 7) is -0.0450. The lowest BCUT2D eigenvalue weighted by Crippen LogP contribution is -2.59. The van der Waals surface area contributed by atoms with Gasteiger partial charge in [-0.15, -0.1) is 0 Å². The van der Waals surface area contributed by atoms with Crippen molar-refractivity contribution < 1.29 is 19.5 Å². The van der Waals surface area contributed by atoms with Gasteiger partial charge in [0.2, 0.25) is 11.8 Å². The van der Waals surface area contributed by atoms with Crippen molar-refractivity contribution in [2.75, 3.05) is 20.1 Å². The Balaban J connectivity index is 1.73. The van der Waals surface area contributed by atoms with Gasteiger partial charge in [-0.25, -0.2) is 0 Å². The van der Waals surface area contributed by atoms with Gasteiger partial charge in [-0.2, -0.15) is 0 Å². The van der Waals surface area contributed by atoms with Crippen molar-refractivity contribution >= 4 is 17.8 Å². The zero-order valence-corrected chi connectivity index (χ0v) is 11.6. The third kappa shape index (κ3) is 3.47. The van der Waals surface area contributed by atoms with Crippen LogP contribution in [0.15, 0.2) is 0 Å². The molecule has 2 aliphatic carbocycles. The van der Waals surface area contributed by atoms with Crippen molar-refractivity contribution in [3.63, 3.8) is 0 Å². The molecule has 0 bridgehead atoms. The minimum Gasteiger partial charge on any atom is -0.480 e. The number of hydrogen-bond donors (Lipinski definition) is 3. The molecule has 2 amide bonds. The predicted molar refractivity (Wildman–Crippen MR) is 71.0 cm³/mol. The van der Waals surface area contributed by atoms with E-state index in [-0.39, 0.29) is 30.9 Å². The van der Waals surface area contributed by atoms with Gasteiger partial charge < -0.3 is 15.3 Å². The average Bonchev–Trinajstić information content (AvgIpc) is 3.10. The quantitative estimate of drug-likeness (QED) is 0.575. The molecular formula is C13H21N3O4. The highest BCUT2D eigenvalue weighted by Crippen LogP contribution is 2.31. The van der Waals surface area contributed by atoms with E-state index in [0.29, 0.717) is 12.8 Å². The highest BCUT2D eigenvalue weighted by Gasteiger charge is 2.44. The number of nitrogens with zero attached hydrogens (tertiary/aromatic N) is 1. The van der Waals surface area contributed by atoms with Gasteiger partial charge >= 0.3 is 5.97 Å². The summed E-state index contributed by atoms with van der Waals surface area (Å²) in [5.41, 5.74) is -0.952. The van der Waals surface area contributed by atoms with Gasteiger partial charge in [0.25, 0.3) is 0 Å². The van der Waals surface area contributed by atoms with Crippen molar-refractivity contribution in [3.8, 4) is 0 Å². The summed E-state index contributed by atoms with van der Waals surface area (Å²) in [6.07, 6.45) is 3.95. The Morgan fingerprint density at radius 1 is 1.30 bits per heavy atom. The molecule has 0 unspecified atom stereocenters. The van der Waals surface area contributed by atoms with E-state index in [1.807, 2.05) is 0 Å². The Kier molecular flexibility index (Phi) is 4.27. The van der Waals surface area contributed by atoms with E-state index < -0.39 is 11.5 Å². The first-order valence-corrected chi connectivity index (χ1v) is 6.95. The summed E-state index contributed by atoms with van der Waals surface area (Å²) in [5.74, 6) is -1.35. The Morgan fingerprint density at radius 3 is 2.40 bits per heavy atom. The molecule has 3 N–H and O–H groups in total. The number of carbonyl (C=O) groups excluding carboxylic acids is 2. The number of carboxylic acid groups (broad SMARTS) is 1. The fraction of sp³-hybridized carbons (Fsp3) is 0.769. The van der Waals surface area contributed by atoms with Crippen molar-refractivity contribution in [1.82, 2.24) is 15.5 Å². The third-order valence-corrected chi connectivity index (χ3v) is 3.94. The van der Waals surface area contributed by atoms with Crippen LogP contribution in [0.4, 0.5) is 0 Å². The fourth-order valence-electron chi connectivity index (χ4n) is 2.18. The SMILES string of the molecule is CN(CC(=O)NC1CC1)C(=O)CNC1(C(=O)O)CCC1. The number of aliphatic carboxylic acids is 1. The predicted octanol–water partition coefficient (Wildman–Crippen LogP) is -0.680. The molecule has 0 aromatic rings. The number of rotatable bonds is 7. The molecule has 20 heavy (non-hydrogen) atoms. The zero-order valence-electron chi connectivity index (χ0n) is 11.6. The summed E-state index contributed by atoms with van der Waals surface area (Å²) in [6, 6.07) is 0.273. The zero-order chi connectivity index (χ0) is 14.8. The van der Waals surface area contributed by atoms with Crippen LogP contribution in [0, 0.1) is 0 Å². The summed E-state index contributed by atoms with van der Waals surface area (Å²) in [4.78, 5) is 35.9. The molecule has 7 nitrogen and oxygen atoms in total. The molecule has 0 spiro atoms. The maximum atomic E-state index is 11.9. The summed E-state index contributed by atoms with van der Waals surface area (Å²) in [7, 11) is 1.55. The van der Waals surface area contributed by atoms with Crippen LogP contribution < -0.4 is 10.6 Å². The van der Waals surface area contributed by atoms with Crippen molar-refractivity contribution in [2.45, 2.75) is 43.7 Å². The number of nitrogens with one attached hydrogen (secondary N) is 2. The first kappa shape index (κ1) is 14.8. The molecule has 0 heterocycles. The van der Waals surface area contributed by atoms with Crippen molar-refractivity contribution in [1.29, 1.82) is 0 Å². The Morgan fingerprint density at radius 2 is 1.95 bits per heavy atom. The van der Waals surface area contributed by atoms with Crippen LogP contribution in [-0.4, -0.2) is 59.5 Å². The number of hydrogen-bond acceptors (Lipinski definition) is 4. The second kappa shape index (κ2) is 5.78. The first-order chi connectivity index (χ1) is 9.43. The lowest BCUT2D eigenvalue weighted by Gasteiger charge is -2.38. The largest absolute Gasteiger partial charge is 0.480 e. The molecule has 7 heteroatoms. The average molecular weight is 283 g/mol. The van der Waals surface area contributed by atoms with Crippen LogP contribution >= 0.6 is 0 Å². The Hall–Kier alpha value is -1.63. The standard InChI is InChI=1S/C13H21N3O4/c1-16(8-10(17)15-9-3-4-9)11(18)7-14-13(12(19)20)5-2-6-13/h9,14H,2-8H2,1H3,(H,15,17)(H,19,20). The molecule has 0 radical (unpaired) electrons. The molecule has 0 saturated heterocycles. The lowest BCUT2D eigenvalue weighted by atomic mass is 9.77. The number of carbonyl (C=O) groups is 3. The van der Waals surface area contributed by atoms with Crippen molar-refractivity contribution in [2.24, 2.45) is 0 Å². The minimum absolute atomic E-state index is 0.0110. The normalized spacial score (nSPS) is 19.9. The highest BCUT2D eigenvalue weighted by molar-refractivity contribution is 5.86. The van der Waals surface area contributed by atoms with Gasteiger partial charge in [0.1, 0.15) is 5.54 Å². The van der Waals surface area contributed by atoms with Crippen LogP contribution in [-0.2, 0) is 14.4 Å². The lowest BCUT2D eigenvalue weighted by molar-refractivity contribution is -0.149. The molecule has 0 aromatic heterocycles. The van der Waals surface area contributed by atoms with E-state index in [2.05, 4.69) is 10.6 Å². The van der Waals surface area contributed by atoms with E-state index in [9.17, 15) is 14.4 Å². The monoisotopic (exact) mass is 283 g/mol. The van der Waals surface area contributed by atoms with Crippen LogP contribution in [0.5, 0.6) is 0 Å². The van der Waals surface area contributed by atoms with E-state index in [0.717, 1.165) is 19.3 Å². The van der Waals surface area contributed by atoms with Crippen LogP contribution in [0.25, 0.3) is 0 Å². The molecule has 2 fully saturated rings. The molecular weight excluding hydrogens is 262 g/mol. The highest BCUT2D eigenvalue weighted by atomic mass is 16.4. The second-order valence-corrected chi connectivity index (χ2v) is 5.69. The van der Waals surface area contributed by atoms with E-state index in [1.165, 1.54) is 4.90 Å². The molecule has 0 aliphatic heterocycles. The molecule has 112 valence electrons. The first-order valence-electron chi connectivity index (χ1n) is 6.95. The van der Waals surface area contributed by atoms with Gasteiger partial charge in [-0.3, -0.25) is 19.7 Å². The summed E-state index contributed by atoms with van der Waals surface area (Å²) >= 11 is 0. The third-order valence-electron chi connectivity index (χ3n) is 3.94. The van der Waals surface area contributed by atoms with Crippen LogP contribution in [0.3, 0.4) is 0 Å². The van der Waals surface area contributed by atoms with Gasteiger partial charge in [0.15, 0.2) is 0 Å². The molecule has 2 rings (SSSR count). The molecule has 0 atom stereocenters. The fourth-order valence-corrected chi connectivity index (χ4v) is 2.18. The minimum atomic E-state index is -0.952. The Bertz CT molecular complexity index is 416. The summed E-state index contributed by atoms with van der Waals surface area (Å²) in [5, 5.41) is 14.8. The van der Waals surface area contributed by atoms with Gasteiger partial charge in [0.05, 0.1) is 13.1 Å². The number of carboxylic acids is 1. The van der Waals surface area contributed by atoms with E-state index >= 15 is 0 Å².